The average Bonchev–Trinajstić information content (AvgIpc) is 1.87. The first-order valence-electron chi connectivity index (χ1n) is 3.58. The highest BCUT2D eigenvalue weighted by Gasteiger charge is 2.08. The van der Waals surface area contributed by atoms with Crippen LogP contribution in [-0.2, 0) is 0 Å². The van der Waals surface area contributed by atoms with E-state index in [9.17, 15) is 0 Å². The molecule has 2 heteroatoms. The van der Waals surface area contributed by atoms with Crippen LogP contribution in [0.2, 0.25) is 0 Å². The van der Waals surface area contributed by atoms with Crippen LogP contribution >= 0.6 is 0 Å². The van der Waals surface area contributed by atoms with Gasteiger partial charge in [0.1, 0.15) is 0 Å². The van der Waals surface area contributed by atoms with E-state index in [2.05, 4.69) is 13.8 Å². The molecule has 0 fully saturated rings. The van der Waals surface area contributed by atoms with Gasteiger partial charge in [0.05, 0.1) is 6.61 Å². The summed E-state index contributed by atoms with van der Waals surface area (Å²) in [4.78, 5) is 0. The average molecular weight is 131 g/mol. The number of hydrogen-bond donors (Lipinski definition) is 2. The van der Waals surface area contributed by atoms with Gasteiger partial charge in [0.25, 0.3) is 0 Å². The van der Waals surface area contributed by atoms with Crippen molar-refractivity contribution in [2.24, 2.45) is 11.7 Å². The Morgan fingerprint density at radius 1 is 1.56 bits per heavy atom. The molecule has 9 heavy (non-hydrogen) atoms. The van der Waals surface area contributed by atoms with Crippen molar-refractivity contribution >= 4 is 0 Å². The van der Waals surface area contributed by atoms with Crippen molar-refractivity contribution in [2.45, 2.75) is 32.7 Å². The summed E-state index contributed by atoms with van der Waals surface area (Å²) in [6.45, 7) is 4.31. The highest BCUT2D eigenvalue weighted by atomic mass is 16.3. The molecule has 0 saturated carbocycles. The first-order valence-corrected chi connectivity index (χ1v) is 3.58. The van der Waals surface area contributed by atoms with E-state index >= 15 is 0 Å². The molecule has 0 aromatic rings. The molecule has 56 valence electrons. The molecule has 0 aromatic carbocycles. The third-order valence-corrected chi connectivity index (χ3v) is 1.69. The van der Waals surface area contributed by atoms with Crippen molar-refractivity contribution in [2.75, 3.05) is 6.61 Å². The fourth-order valence-electron chi connectivity index (χ4n) is 0.849. The molecule has 0 amide bonds. The second-order valence-corrected chi connectivity index (χ2v) is 2.61. The van der Waals surface area contributed by atoms with Crippen LogP contribution in [0.1, 0.15) is 26.7 Å². The number of aliphatic hydroxyl groups excluding tert-OH is 1. The Hall–Kier alpha value is -0.0800. The van der Waals surface area contributed by atoms with Crippen molar-refractivity contribution in [1.29, 1.82) is 0 Å². The lowest BCUT2D eigenvalue weighted by molar-refractivity contribution is 0.227. The van der Waals surface area contributed by atoms with Crippen molar-refractivity contribution in [3.05, 3.63) is 0 Å². The van der Waals surface area contributed by atoms with E-state index in [4.69, 9.17) is 10.8 Å². The maximum Gasteiger partial charge on any atom is 0.0585 e. The van der Waals surface area contributed by atoms with Gasteiger partial charge in [-0.05, 0) is 12.3 Å². The summed E-state index contributed by atoms with van der Waals surface area (Å²) in [5.74, 6) is 0.458. The number of nitrogens with two attached hydrogens (primary N) is 1. The molecule has 0 aromatic heterocycles. The van der Waals surface area contributed by atoms with Gasteiger partial charge in [-0.15, -0.1) is 0 Å². The minimum absolute atomic E-state index is 0.0232. The predicted octanol–water partition coefficient (Wildman–Crippen LogP) is 0.742. The maximum atomic E-state index is 8.61. The highest BCUT2D eigenvalue weighted by molar-refractivity contribution is 4.66. The Morgan fingerprint density at radius 2 is 2.11 bits per heavy atom. The Morgan fingerprint density at radius 3 is 2.44 bits per heavy atom. The molecule has 1 unspecified atom stereocenters. The van der Waals surface area contributed by atoms with Gasteiger partial charge >= 0.3 is 0 Å². The molecule has 2 atom stereocenters. The van der Waals surface area contributed by atoms with E-state index in [1.807, 2.05) is 0 Å². The van der Waals surface area contributed by atoms with E-state index < -0.39 is 0 Å². The van der Waals surface area contributed by atoms with Crippen LogP contribution in [-0.4, -0.2) is 17.8 Å². The molecule has 0 saturated heterocycles. The van der Waals surface area contributed by atoms with Gasteiger partial charge < -0.3 is 10.8 Å². The van der Waals surface area contributed by atoms with Crippen molar-refractivity contribution < 1.29 is 5.11 Å². The van der Waals surface area contributed by atoms with Gasteiger partial charge in [0, 0.05) is 6.04 Å². The lowest BCUT2D eigenvalue weighted by atomic mass is 9.99. The van der Waals surface area contributed by atoms with Gasteiger partial charge in [0.2, 0.25) is 0 Å². The predicted molar refractivity (Wildman–Crippen MR) is 39.1 cm³/mol. The summed E-state index contributed by atoms with van der Waals surface area (Å²) in [5.41, 5.74) is 5.55. The van der Waals surface area contributed by atoms with Crippen LogP contribution in [0.25, 0.3) is 0 Å². The summed E-state index contributed by atoms with van der Waals surface area (Å²) >= 11 is 0. The molecule has 0 aliphatic rings. The molecule has 0 rings (SSSR count). The first-order chi connectivity index (χ1) is 4.22. The lowest BCUT2D eigenvalue weighted by Crippen LogP contribution is -2.31. The summed E-state index contributed by atoms with van der Waals surface area (Å²) < 4.78 is 0. The smallest absolute Gasteiger partial charge is 0.0585 e. The van der Waals surface area contributed by atoms with Crippen LogP contribution < -0.4 is 5.73 Å². The van der Waals surface area contributed by atoms with Crippen LogP contribution in [0.15, 0.2) is 0 Å². The molecule has 0 bridgehead atoms. The molecule has 0 aliphatic heterocycles. The normalized spacial score (nSPS) is 17.3. The number of rotatable bonds is 4. The van der Waals surface area contributed by atoms with Crippen LogP contribution in [0.5, 0.6) is 0 Å². The monoisotopic (exact) mass is 131 g/mol. The van der Waals surface area contributed by atoms with Crippen LogP contribution in [0, 0.1) is 5.92 Å². The topological polar surface area (TPSA) is 46.2 Å². The van der Waals surface area contributed by atoms with Gasteiger partial charge in [-0.2, -0.15) is 0 Å². The van der Waals surface area contributed by atoms with E-state index in [1.54, 1.807) is 0 Å². The third-order valence-electron chi connectivity index (χ3n) is 1.69. The second kappa shape index (κ2) is 4.77. The zero-order valence-electron chi connectivity index (χ0n) is 6.30. The number of hydrogen-bond acceptors (Lipinski definition) is 2. The van der Waals surface area contributed by atoms with Gasteiger partial charge in [0.15, 0.2) is 0 Å². The molecule has 0 heterocycles. The molecule has 0 spiro atoms. The Bertz CT molecular complexity index is 65.9. The SMILES string of the molecule is CCCC(C)[C@H](N)CO. The molecule has 3 N–H and O–H groups in total. The lowest BCUT2D eigenvalue weighted by Gasteiger charge is -2.15. The maximum absolute atomic E-state index is 8.61. The van der Waals surface area contributed by atoms with Crippen molar-refractivity contribution in [3.63, 3.8) is 0 Å². The summed E-state index contributed by atoms with van der Waals surface area (Å²) in [7, 11) is 0. The van der Waals surface area contributed by atoms with Gasteiger partial charge in [-0.25, -0.2) is 0 Å². The molecule has 2 nitrogen and oxygen atoms in total. The zero-order chi connectivity index (χ0) is 7.28. The minimum Gasteiger partial charge on any atom is -0.395 e. The summed E-state index contributed by atoms with van der Waals surface area (Å²) in [6, 6.07) is -0.0232. The Kier molecular flexibility index (Phi) is 4.72. The molecular weight excluding hydrogens is 114 g/mol. The van der Waals surface area contributed by atoms with Crippen molar-refractivity contribution in [1.82, 2.24) is 0 Å². The standard InChI is InChI=1S/C7H17NO/c1-3-4-6(2)7(8)5-9/h6-7,9H,3-5,8H2,1-2H3/t6?,7-/m1/s1. The molecular formula is C7H17NO. The summed E-state index contributed by atoms with van der Waals surface area (Å²) in [6.07, 6.45) is 2.26. The largest absolute Gasteiger partial charge is 0.395 e. The highest BCUT2D eigenvalue weighted by Crippen LogP contribution is 2.07. The van der Waals surface area contributed by atoms with E-state index in [-0.39, 0.29) is 12.6 Å². The molecule has 0 radical (unpaired) electrons. The first kappa shape index (κ1) is 8.92. The minimum atomic E-state index is -0.0232. The fraction of sp³-hybridized carbons (Fsp3) is 1.00. The Balaban J connectivity index is 3.32. The van der Waals surface area contributed by atoms with E-state index in [0.717, 1.165) is 12.8 Å². The zero-order valence-corrected chi connectivity index (χ0v) is 6.30. The molecule has 0 aliphatic carbocycles. The quantitative estimate of drug-likeness (QED) is 0.591. The van der Waals surface area contributed by atoms with Crippen molar-refractivity contribution in [3.8, 4) is 0 Å². The van der Waals surface area contributed by atoms with Crippen LogP contribution in [0.4, 0.5) is 0 Å². The van der Waals surface area contributed by atoms with Crippen LogP contribution in [0.3, 0.4) is 0 Å². The Labute approximate surface area is 57.1 Å². The van der Waals surface area contributed by atoms with E-state index in [0.29, 0.717) is 5.92 Å². The summed E-state index contributed by atoms with van der Waals surface area (Å²) in [5, 5.41) is 8.61. The second-order valence-electron chi connectivity index (χ2n) is 2.61. The fourth-order valence-corrected chi connectivity index (χ4v) is 0.849. The number of aliphatic hydroxyl groups is 1. The third kappa shape index (κ3) is 3.49. The van der Waals surface area contributed by atoms with E-state index in [1.165, 1.54) is 0 Å². The van der Waals surface area contributed by atoms with Gasteiger partial charge in [-0.1, -0.05) is 20.3 Å². The van der Waals surface area contributed by atoms with Gasteiger partial charge in [-0.3, -0.25) is 0 Å².